The van der Waals surface area contributed by atoms with Gasteiger partial charge in [-0.1, -0.05) is 82.8 Å². The summed E-state index contributed by atoms with van der Waals surface area (Å²) in [5, 5.41) is 2.50. The first-order valence-corrected chi connectivity index (χ1v) is 36.9. The summed E-state index contributed by atoms with van der Waals surface area (Å²) >= 11 is 25.1. The molecule has 6 aromatic carbocycles. The minimum Gasteiger partial charge on any atom is -0.369 e. The number of aryl methyl sites for hydroxylation is 7. The highest BCUT2D eigenvalue weighted by atomic mass is 35.5. The predicted octanol–water partition coefficient (Wildman–Crippen LogP) is 13.9. The van der Waals surface area contributed by atoms with Gasteiger partial charge < -0.3 is 29.4 Å². The van der Waals surface area contributed by atoms with E-state index in [9.17, 15) is 24.0 Å². The fraction of sp³-hybridized carbons (Fsp3) is 0.474. The lowest BCUT2D eigenvalue weighted by Crippen LogP contribution is -2.47. The van der Waals surface area contributed by atoms with Gasteiger partial charge in [-0.25, -0.2) is 0 Å². The molecule has 0 aromatic heterocycles. The van der Waals surface area contributed by atoms with Crippen molar-refractivity contribution >= 4 is 110 Å². The Morgan fingerprint density at radius 1 is 0.385 bits per heavy atom. The first-order valence-electron chi connectivity index (χ1n) is 35.4. The first-order chi connectivity index (χ1) is 46.6. The van der Waals surface area contributed by atoms with E-state index in [2.05, 4.69) is 79.6 Å². The van der Waals surface area contributed by atoms with Crippen LogP contribution in [0, 0.1) is 13.8 Å². The van der Waals surface area contributed by atoms with Crippen molar-refractivity contribution < 1.29 is 24.0 Å². The van der Waals surface area contributed by atoms with Crippen molar-refractivity contribution in [2.45, 2.75) is 123 Å². The van der Waals surface area contributed by atoms with E-state index in [1.807, 2.05) is 69.3 Å². The molecule has 0 aliphatic carbocycles. The van der Waals surface area contributed by atoms with E-state index in [0.717, 1.165) is 216 Å². The molecule has 0 N–H and O–H groups in total. The zero-order valence-electron chi connectivity index (χ0n) is 56.0. The van der Waals surface area contributed by atoms with E-state index in [-0.39, 0.29) is 23.4 Å². The Morgan fingerprint density at radius 3 is 1.29 bits per heavy atom. The number of amides is 3. The molecule has 0 bridgehead atoms. The molecule has 96 heavy (non-hydrogen) atoms. The third-order valence-electron chi connectivity index (χ3n) is 21.6. The molecule has 18 heteroatoms. The number of carbonyl (C=O) groups excluding carboxylic acids is 5. The van der Waals surface area contributed by atoms with Crippen molar-refractivity contribution in [1.29, 1.82) is 0 Å². The quantitative estimate of drug-likeness (QED) is 0.0642. The molecule has 14 nitrogen and oxygen atoms in total. The fourth-order valence-corrected chi connectivity index (χ4v) is 17.0. The smallest absolute Gasteiger partial charge is 0.227 e. The Labute approximate surface area is 587 Å². The molecule has 15 rings (SSSR count). The van der Waals surface area contributed by atoms with Crippen LogP contribution in [0.4, 0.5) is 34.1 Å². The fourth-order valence-electron chi connectivity index (χ4n) is 16.2. The van der Waals surface area contributed by atoms with Gasteiger partial charge in [0.2, 0.25) is 17.7 Å². The van der Waals surface area contributed by atoms with Gasteiger partial charge in [0.15, 0.2) is 11.6 Å². The first kappa shape index (κ1) is 68.1. The summed E-state index contributed by atoms with van der Waals surface area (Å²) in [7, 11) is 0. The minimum atomic E-state index is 0.215. The molecule has 3 fully saturated rings. The van der Waals surface area contributed by atoms with Crippen LogP contribution in [0.15, 0.2) is 91.0 Å². The van der Waals surface area contributed by atoms with Crippen LogP contribution < -0.4 is 29.4 Å². The molecule has 0 spiro atoms. The molecule has 0 atom stereocenters. The second-order valence-corrected chi connectivity index (χ2v) is 29.2. The highest BCUT2D eigenvalue weighted by Gasteiger charge is 2.35. The molecule has 0 radical (unpaired) electrons. The number of piperazine rings is 3. The summed E-state index contributed by atoms with van der Waals surface area (Å²) < 4.78 is 0. The average molecular weight is 1380 g/mol. The van der Waals surface area contributed by atoms with Crippen LogP contribution >= 0.6 is 46.4 Å². The number of ketones is 2. The van der Waals surface area contributed by atoms with Gasteiger partial charge in [0.1, 0.15) is 0 Å². The number of rotatable bonds is 17. The molecule has 0 unspecified atom stereocenters. The number of hydrogen-bond donors (Lipinski definition) is 0. The number of anilines is 6. The van der Waals surface area contributed by atoms with Crippen LogP contribution in [0.3, 0.4) is 0 Å². The normalized spacial score (nSPS) is 18.5. The number of benzene rings is 6. The molecule has 3 amide bonds. The Morgan fingerprint density at radius 2 is 0.781 bits per heavy atom. The minimum absolute atomic E-state index is 0.215. The van der Waals surface area contributed by atoms with Crippen LogP contribution in [0.1, 0.15) is 135 Å². The Bertz CT molecular complexity index is 3880. The summed E-state index contributed by atoms with van der Waals surface area (Å²) in [5.74, 6) is 1.20. The number of carbonyl (C=O) groups is 5. The number of nitrogens with zero attached hydrogens (tertiary/aromatic N) is 9. The third kappa shape index (κ3) is 15.2. The van der Waals surface area contributed by atoms with Crippen molar-refractivity contribution in [3.8, 4) is 0 Å². The Hall–Kier alpha value is -6.49. The van der Waals surface area contributed by atoms with Gasteiger partial charge in [0.25, 0.3) is 0 Å². The van der Waals surface area contributed by atoms with Gasteiger partial charge in [-0.2, -0.15) is 0 Å². The summed E-state index contributed by atoms with van der Waals surface area (Å²) in [6, 6.07) is 31.1. The van der Waals surface area contributed by atoms with Crippen molar-refractivity contribution in [3.05, 3.63) is 172 Å². The van der Waals surface area contributed by atoms with E-state index >= 15 is 0 Å². The van der Waals surface area contributed by atoms with Gasteiger partial charge in [0, 0.05) is 154 Å². The molecule has 9 heterocycles. The molecule has 3 saturated heterocycles. The number of unbranched alkanes of at least 4 members (excludes halogenated alkanes) is 1. The Balaban J connectivity index is 0.000000130. The van der Waals surface area contributed by atoms with Gasteiger partial charge in [-0.05, 0) is 209 Å². The largest absolute Gasteiger partial charge is 0.369 e. The predicted molar refractivity (Wildman–Crippen MR) is 392 cm³/mol. The van der Waals surface area contributed by atoms with Crippen LogP contribution in [-0.4, -0.2) is 162 Å². The van der Waals surface area contributed by atoms with Gasteiger partial charge >= 0.3 is 0 Å². The second-order valence-electron chi connectivity index (χ2n) is 27.7. The van der Waals surface area contributed by atoms with Crippen LogP contribution in [-0.2, 0) is 59.3 Å². The third-order valence-corrected chi connectivity index (χ3v) is 23.2. The van der Waals surface area contributed by atoms with Crippen molar-refractivity contribution in [1.82, 2.24) is 14.7 Å². The molecule has 9 aliphatic heterocycles. The molecular formula is C78H91Cl4N9O5. The van der Waals surface area contributed by atoms with E-state index < -0.39 is 0 Å². The monoisotopic (exact) mass is 1370 g/mol. The lowest BCUT2D eigenvalue weighted by molar-refractivity contribution is -0.119. The highest BCUT2D eigenvalue weighted by Crippen LogP contribution is 2.41. The maximum atomic E-state index is 13.0. The maximum absolute atomic E-state index is 13.0. The van der Waals surface area contributed by atoms with Crippen LogP contribution in [0.25, 0.3) is 0 Å². The number of halogens is 4. The van der Waals surface area contributed by atoms with Gasteiger partial charge in [-0.15, -0.1) is 0 Å². The van der Waals surface area contributed by atoms with Crippen molar-refractivity contribution in [2.75, 3.05) is 147 Å². The number of Topliss-reactive ketones (excluding diaryl/α,β-unsaturated/α-hetero) is 2. The van der Waals surface area contributed by atoms with Crippen molar-refractivity contribution in [2.24, 2.45) is 0 Å². The highest BCUT2D eigenvalue weighted by molar-refractivity contribution is 6.44. The average Bonchev–Trinajstić information content (AvgIpc) is 1.51. The maximum Gasteiger partial charge on any atom is 0.227 e. The molecule has 6 aromatic rings. The lowest BCUT2D eigenvalue weighted by atomic mass is 9.88. The number of hydrogen-bond acceptors (Lipinski definition) is 11. The van der Waals surface area contributed by atoms with Crippen molar-refractivity contribution in [3.63, 3.8) is 0 Å². The zero-order chi connectivity index (χ0) is 66.6. The lowest BCUT2D eigenvalue weighted by Gasteiger charge is -2.37. The van der Waals surface area contributed by atoms with Gasteiger partial charge in [-0.3, -0.25) is 38.7 Å². The zero-order valence-corrected chi connectivity index (χ0v) is 59.0. The SMILES string of the molecule is Cc1cccc(N2CCN(CCC(=O)c3cc4c5c(c3)CCN5C(=O)CC4)CC2)c1C.O=C(CCCN1CCN(c2cccc(Cl)c2Cl)CC1)c1cc2c3c(c1)CCC(=O)N3CCC2.O=C1CCc2cc(CCCCN3CCN(c4cccc(Cl)c4Cl)CC3)cc3c2N1CCC3. The molecular weight excluding hydrogens is 1280 g/mol. The van der Waals surface area contributed by atoms with E-state index in [0.29, 0.717) is 58.1 Å². The second kappa shape index (κ2) is 30.7. The topological polar surface area (TPSA) is 115 Å². The molecule has 9 aliphatic rings. The Kier molecular flexibility index (Phi) is 21.8. The van der Waals surface area contributed by atoms with E-state index in [1.165, 1.54) is 74.3 Å². The van der Waals surface area contributed by atoms with E-state index in [4.69, 9.17) is 46.4 Å². The standard InChI is InChI=1S/C26H29Cl2N3O2.C26H31Cl2N3O.C26H31N3O2/c27-21-5-1-6-22(25(21)28)30-14-12-29(13-15-30)10-3-7-23(32)20-16-18-4-2-11-31-24(33)9-8-19(17-20)26(18)31;27-22-7-3-8-23(25(22)28)30-15-13-29(14-16-30)11-2-1-5-19-17-20-6-4-12-31-24(32)10-9-21(18-19)26(20)31;1-18-4-3-5-23(19(18)2)28-14-12-27(13-15-28)10-9-24(30)22-16-20-6-7-25(31)29-11-8-21(17-22)26(20)29/h1,5-6,16-17H,2-4,7-15H2;3,7-8,17-18H,1-2,4-6,9-16H2;3-5,16-17H,6-15H2,1-2H3. The summed E-state index contributed by atoms with van der Waals surface area (Å²) in [6.07, 6.45) is 14.7. The molecule has 0 saturated carbocycles. The molecule has 506 valence electrons. The van der Waals surface area contributed by atoms with Crippen LogP contribution in [0.5, 0.6) is 0 Å². The van der Waals surface area contributed by atoms with E-state index in [1.54, 1.807) is 0 Å². The summed E-state index contributed by atoms with van der Waals surface area (Å²) in [5.41, 5.74) is 20.1. The van der Waals surface area contributed by atoms with Crippen LogP contribution in [0.2, 0.25) is 20.1 Å². The van der Waals surface area contributed by atoms with Gasteiger partial charge in [0.05, 0.1) is 48.5 Å². The summed E-state index contributed by atoms with van der Waals surface area (Å²) in [4.78, 5) is 83.0. The summed E-state index contributed by atoms with van der Waals surface area (Å²) in [6.45, 7) is 21.5.